The molecule has 2 rings (SSSR count). The Morgan fingerprint density at radius 2 is 2.12 bits per heavy atom. The number of amides is 3. The molecule has 2 atom stereocenters. The highest BCUT2D eigenvalue weighted by molar-refractivity contribution is 5.98. The Balaban J connectivity index is 2.09. The van der Waals surface area contributed by atoms with Crippen molar-refractivity contribution in [2.75, 3.05) is 6.54 Å². The number of hydrogen-bond donors (Lipinski definition) is 1. The third-order valence-corrected chi connectivity index (χ3v) is 3.00. The second kappa shape index (κ2) is 4.08. The Morgan fingerprint density at radius 3 is 2.75 bits per heavy atom. The molecular formula is C11H14N2O3. The first-order valence-electron chi connectivity index (χ1n) is 5.40. The van der Waals surface area contributed by atoms with Gasteiger partial charge in [-0.3, -0.25) is 14.9 Å². The van der Waals surface area contributed by atoms with Crippen molar-refractivity contribution in [3.63, 3.8) is 0 Å². The first-order chi connectivity index (χ1) is 7.58. The molecule has 3 amide bonds. The van der Waals surface area contributed by atoms with Crippen LogP contribution in [0.4, 0.5) is 4.79 Å². The van der Waals surface area contributed by atoms with Crippen LogP contribution < -0.4 is 5.32 Å². The molecule has 86 valence electrons. The van der Waals surface area contributed by atoms with Crippen LogP contribution in [0.2, 0.25) is 0 Å². The molecule has 0 spiro atoms. The SMILES string of the molecule is CC1CN(C2C=CC(=O)CC2)C(=O)NC1=O. The lowest BCUT2D eigenvalue weighted by Crippen LogP contribution is -2.57. The highest BCUT2D eigenvalue weighted by Gasteiger charge is 2.33. The van der Waals surface area contributed by atoms with Crippen molar-refractivity contribution in [1.29, 1.82) is 0 Å². The lowest BCUT2D eigenvalue weighted by atomic mass is 9.98. The zero-order valence-corrected chi connectivity index (χ0v) is 9.10. The maximum Gasteiger partial charge on any atom is 0.324 e. The molecule has 0 aromatic carbocycles. The van der Waals surface area contributed by atoms with Gasteiger partial charge in [0, 0.05) is 13.0 Å². The van der Waals surface area contributed by atoms with Crippen LogP contribution in [-0.4, -0.2) is 35.2 Å². The monoisotopic (exact) mass is 222 g/mol. The quantitative estimate of drug-likeness (QED) is 0.701. The molecule has 1 saturated heterocycles. The first-order valence-corrected chi connectivity index (χ1v) is 5.40. The van der Waals surface area contributed by atoms with Crippen molar-refractivity contribution in [1.82, 2.24) is 10.2 Å². The fraction of sp³-hybridized carbons (Fsp3) is 0.545. The van der Waals surface area contributed by atoms with Crippen LogP contribution in [0.1, 0.15) is 19.8 Å². The van der Waals surface area contributed by atoms with E-state index in [-0.39, 0.29) is 29.7 Å². The van der Waals surface area contributed by atoms with Crippen LogP contribution in [0.25, 0.3) is 0 Å². The van der Waals surface area contributed by atoms with Crippen molar-refractivity contribution in [3.05, 3.63) is 12.2 Å². The van der Waals surface area contributed by atoms with E-state index in [1.807, 2.05) is 0 Å². The molecule has 16 heavy (non-hydrogen) atoms. The molecule has 0 aromatic heterocycles. The van der Waals surface area contributed by atoms with E-state index in [0.717, 1.165) is 0 Å². The number of imide groups is 1. The third-order valence-electron chi connectivity index (χ3n) is 3.00. The predicted molar refractivity (Wildman–Crippen MR) is 56.6 cm³/mol. The molecule has 0 aromatic rings. The highest BCUT2D eigenvalue weighted by atomic mass is 16.2. The van der Waals surface area contributed by atoms with Crippen molar-refractivity contribution in [2.45, 2.75) is 25.8 Å². The van der Waals surface area contributed by atoms with E-state index in [4.69, 9.17) is 0 Å². The molecule has 0 saturated carbocycles. The molecule has 1 N–H and O–H groups in total. The van der Waals surface area contributed by atoms with Gasteiger partial charge in [-0.1, -0.05) is 13.0 Å². The molecule has 1 fully saturated rings. The van der Waals surface area contributed by atoms with Gasteiger partial charge < -0.3 is 4.90 Å². The number of ketones is 1. The zero-order valence-electron chi connectivity index (χ0n) is 9.10. The Bertz CT molecular complexity index is 375. The topological polar surface area (TPSA) is 66.5 Å². The molecule has 5 heteroatoms. The number of allylic oxidation sites excluding steroid dienone is 1. The Kier molecular flexibility index (Phi) is 2.77. The number of nitrogens with one attached hydrogen (secondary N) is 1. The summed E-state index contributed by atoms with van der Waals surface area (Å²) in [6.45, 7) is 2.21. The Hall–Kier alpha value is -1.65. The normalized spacial score (nSPS) is 30.6. The number of hydrogen-bond acceptors (Lipinski definition) is 3. The van der Waals surface area contributed by atoms with E-state index >= 15 is 0 Å². The van der Waals surface area contributed by atoms with Crippen LogP contribution in [0.3, 0.4) is 0 Å². The fourth-order valence-electron chi connectivity index (χ4n) is 2.00. The number of rotatable bonds is 1. The molecule has 2 aliphatic rings. The van der Waals surface area contributed by atoms with Gasteiger partial charge in [-0.05, 0) is 12.5 Å². The number of urea groups is 1. The molecule has 1 aliphatic carbocycles. The van der Waals surface area contributed by atoms with Gasteiger partial charge in [0.05, 0.1) is 12.0 Å². The van der Waals surface area contributed by atoms with E-state index in [1.54, 1.807) is 17.9 Å². The minimum absolute atomic E-state index is 0.0618. The van der Waals surface area contributed by atoms with Gasteiger partial charge >= 0.3 is 6.03 Å². The summed E-state index contributed by atoms with van der Waals surface area (Å²) in [5.41, 5.74) is 0. The summed E-state index contributed by atoms with van der Waals surface area (Å²) in [4.78, 5) is 35.5. The van der Waals surface area contributed by atoms with Gasteiger partial charge in [0.25, 0.3) is 0 Å². The van der Waals surface area contributed by atoms with E-state index in [2.05, 4.69) is 5.32 Å². The van der Waals surface area contributed by atoms with Crippen LogP contribution in [0.15, 0.2) is 12.2 Å². The smallest absolute Gasteiger partial charge is 0.317 e. The van der Waals surface area contributed by atoms with E-state index in [0.29, 0.717) is 19.4 Å². The summed E-state index contributed by atoms with van der Waals surface area (Å²) in [5.74, 6) is -0.321. The molecule has 2 unspecified atom stereocenters. The van der Waals surface area contributed by atoms with Gasteiger partial charge in [-0.15, -0.1) is 0 Å². The lowest BCUT2D eigenvalue weighted by Gasteiger charge is -2.36. The van der Waals surface area contributed by atoms with Crippen LogP contribution in [0.5, 0.6) is 0 Å². The Labute approximate surface area is 93.5 Å². The molecule has 1 aliphatic heterocycles. The van der Waals surface area contributed by atoms with Crippen LogP contribution in [0, 0.1) is 5.92 Å². The summed E-state index contributed by atoms with van der Waals surface area (Å²) in [6, 6.07) is -0.416. The second-order valence-corrected chi connectivity index (χ2v) is 4.28. The molecule has 0 bridgehead atoms. The standard InChI is InChI=1S/C11H14N2O3/c1-7-6-13(11(16)12-10(7)15)8-2-4-9(14)5-3-8/h2,4,7-8H,3,5-6H2,1H3,(H,12,15,16). The first kappa shape index (κ1) is 10.9. The molecular weight excluding hydrogens is 208 g/mol. The summed E-state index contributed by atoms with van der Waals surface area (Å²) < 4.78 is 0. The zero-order chi connectivity index (χ0) is 11.7. The third kappa shape index (κ3) is 1.98. The van der Waals surface area contributed by atoms with Crippen molar-refractivity contribution >= 4 is 17.7 Å². The van der Waals surface area contributed by atoms with E-state index in [9.17, 15) is 14.4 Å². The van der Waals surface area contributed by atoms with Crippen LogP contribution >= 0.6 is 0 Å². The van der Waals surface area contributed by atoms with Crippen molar-refractivity contribution in [3.8, 4) is 0 Å². The minimum Gasteiger partial charge on any atom is -0.317 e. The second-order valence-electron chi connectivity index (χ2n) is 4.28. The number of nitrogens with zero attached hydrogens (tertiary/aromatic N) is 1. The summed E-state index contributed by atoms with van der Waals surface area (Å²) >= 11 is 0. The Morgan fingerprint density at radius 1 is 1.38 bits per heavy atom. The summed E-state index contributed by atoms with van der Waals surface area (Å²) in [7, 11) is 0. The molecule has 1 heterocycles. The average molecular weight is 222 g/mol. The average Bonchev–Trinajstić information content (AvgIpc) is 2.25. The van der Waals surface area contributed by atoms with E-state index < -0.39 is 0 Å². The largest absolute Gasteiger partial charge is 0.324 e. The van der Waals surface area contributed by atoms with Gasteiger partial charge in [0.2, 0.25) is 5.91 Å². The number of carbonyl (C=O) groups is 3. The lowest BCUT2D eigenvalue weighted by molar-refractivity contribution is -0.125. The maximum absolute atomic E-state index is 11.6. The van der Waals surface area contributed by atoms with Crippen LogP contribution in [-0.2, 0) is 9.59 Å². The summed E-state index contributed by atoms with van der Waals surface area (Å²) in [5, 5.41) is 2.32. The maximum atomic E-state index is 11.6. The van der Waals surface area contributed by atoms with Gasteiger partial charge in [0.1, 0.15) is 0 Å². The fourth-order valence-corrected chi connectivity index (χ4v) is 2.00. The van der Waals surface area contributed by atoms with Gasteiger partial charge in [-0.2, -0.15) is 0 Å². The summed E-state index contributed by atoms with van der Waals surface area (Å²) in [6.07, 6.45) is 4.37. The molecule has 0 radical (unpaired) electrons. The van der Waals surface area contributed by atoms with Crippen molar-refractivity contribution < 1.29 is 14.4 Å². The van der Waals surface area contributed by atoms with Gasteiger partial charge in [0.15, 0.2) is 5.78 Å². The highest BCUT2D eigenvalue weighted by Crippen LogP contribution is 2.18. The molecule has 5 nitrogen and oxygen atoms in total. The van der Waals surface area contributed by atoms with E-state index in [1.165, 1.54) is 6.08 Å². The van der Waals surface area contributed by atoms with Crippen molar-refractivity contribution in [2.24, 2.45) is 5.92 Å². The van der Waals surface area contributed by atoms with Gasteiger partial charge in [-0.25, -0.2) is 4.79 Å². The minimum atomic E-state index is -0.355. The number of carbonyl (C=O) groups excluding carboxylic acids is 3. The predicted octanol–water partition coefficient (Wildman–Crippen LogP) is 0.462.